The minimum atomic E-state index is -1.14. The average molecular weight is 401 g/mol. The lowest BCUT2D eigenvalue weighted by atomic mass is 10.1. The number of carbonyl (C=O) groups excluding carboxylic acids is 2. The predicted octanol–water partition coefficient (Wildman–Crippen LogP) is 2.35. The summed E-state index contributed by atoms with van der Waals surface area (Å²) in [6, 6.07) is 18.8. The van der Waals surface area contributed by atoms with Crippen molar-refractivity contribution in [2.75, 3.05) is 11.9 Å². The SMILES string of the molecule is O=C(NC(CO)C(=O)Nc1cc(-c2ccccc2)[nH]n1)c1ccnc2ccccc12. The minimum absolute atomic E-state index is 0.293. The van der Waals surface area contributed by atoms with Gasteiger partial charge in [-0.2, -0.15) is 5.10 Å². The van der Waals surface area contributed by atoms with Crippen LogP contribution >= 0.6 is 0 Å². The number of hydrogen-bond donors (Lipinski definition) is 4. The third-order valence-corrected chi connectivity index (χ3v) is 4.61. The van der Waals surface area contributed by atoms with Gasteiger partial charge in [-0.25, -0.2) is 0 Å². The molecule has 1 unspecified atom stereocenters. The molecule has 0 aliphatic heterocycles. The number of para-hydroxylation sites is 1. The van der Waals surface area contributed by atoms with Gasteiger partial charge in [0.1, 0.15) is 6.04 Å². The predicted molar refractivity (Wildman–Crippen MR) is 113 cm³/mol. The van der Waals surface area contributed by atoms with Gasteiger partial charge in [-0.05, 0) is 17.7 Å². The third kappa shape index (κ3) is 4.03. The Morgan fingerprint density at radius 3 is 2.60 bits per heavy atom. The van der Waals surface area contributed by atoms with Gasteiger partial charge < -0.3 is 15.7 Å². The zero-order valence-corrected chi connectivity index (χ0v) is 15.9. The molecule has 2 aromatic carbocycles. The van der Waals surface area contributed by atoms with E-state index in [4.69, 9.17) is 0 Å². The van der Waals surface area contributed by atoms with Crippen molar-refractivity contribution in [3.63, 3.8) is 0 Å². The lowest BCUT2D eigenvalue weighted by Gasteiger charge is -2.16. The summed E-state index contributed by atoms with van der Waals surface area (Å²) < 4.78 is 0. The second-order valence-corrected chi connectivity index (χ2v) is 6.61. The van der Waals surface area contributed by atoms with E-state index in [0.717, 1.165) is 11.3 Å². The van der Waals surface area contributed by atoms with E-state index in [0.29, 0.717) is 22.3 Å². The Morgan fingerprint density at radius 1 is 1.03 bits per heavy atom. The first-order chi connectivity index (χ1) is 14.7. The fraction of sp³-hybridized carbons (Fsp3) is 0.0909. The summed E-state index contributed by atoms with van der Waals surface area (Å²) in [7, 11) is 0. The first-order valence-corrected chi connectivity index (χ1v) is 9.33. The van der Waals surface area contributed by atoms with E-state index in [9.17, 15) is 14.7 Å². The molecule has 30 heavy (non-hydrogen) atoms. The Labute approximate surface area is 172 Å². The van der Waals surface area contributed by atoms with E-state index < -0.39 is 24.5 Å². The van der Waals surface area contributed by atoms with E-state index in [-0.39, 0.29) is 0 Å². The molecule has 4 rings (SSSR count). The van der Waals surface area contributed by atoms with Crippen molar-refractivity contribution < 1.29 is 14.7 Å². The molecule has 8 nitrogen and oxygen atoms in total. The maximum atomic E-state index is 12.7. The highest BCUT2D eigenvalue weighted by atomic mass is 16.3. The number of fused-ring (bicyclic) bond motifs is 1. The molecule has 2 aromatic heterocycles. The molecule has 2 amide bonds. The molecular weight excluding hydrogens is 382 g/mol. The number of rotatable bonds is 6. The number of aromatic amines is 1. The van der Waals surface area contributed by atoms with Crippen LogP contribution in [0.4, 0.5) is 5.82 Å². The van der Waals surface area contributed by atoms with Crippen molar-refractivity contribution >= 4 is 28.5 Å². The Bertz CT molecular complexity index is 1180. The van der Waals surface area contributed by atoms with E-state index in [2.05, 4.69) is 25.8 Å². The number of anilines is 1. The normalized spacial score (nSPS) is 11.8. The second-order valence-electron chi connectivity index (χ2n) is 6.61. The van der Waals surface area contributed by atoms with Crippen LogP contribution in [0.5, 0.6) is 0 Å². The first-order valence-electron chi connectivity index (χ1n) is 9.33. The molecule has 1 atom stereocenters. The van der Waals surface area contributed by atoms with Gasteiger partial charge >= 0.3 is 0 Å². The molecule has 0 fully saturated rings. The Kier molecular flexibility index (Phi) is 5.49. The molecule has 8 heteroatoms. The molecular formula is C22H19N5O3. The summed E-state index contributed by atoms with van der Waals surface area (Å²) in [6.07, 6.45) is 1.53. The van der Waals surface area contributed by atoms with Crippen LogP contribution in [0.1, 0.15) is 10.4 Å². The van der Waals surface area contributed by atoms with Crippen molar-refractivity contribution in [1.29, 1.82) is 0 Å². The van der Waals surface area contributed by atoms with Crippen LogP contribution in [0.15, 0.2) is 72.9 Å². The van der Waals surface area contributed by atoms with Gasteiger partial charge in [-0.15, -0.1) is 0 Å². The van der Waals surface area contributed by atoms with Crippen molar-refractivity contribution in [3.05, 3.63) is 78.5 Å². The standard InChI is InChI=1S/C22H19N5O3/c28-13-19(24-21(29)16-10-11-23-17-9-5-4-8-15(16)17)22(30)25-20-12-18(26-27-20)14-6-2-1-3-7-14/h1-12,19,28H,13H2,(H,24,29)(H2,25,26,27,30). The zero-order valence-electron chi connectivity index (χ0n) is 15.9. The minimum Gasteiger partial charge on any atom is -0.394 e. The van der Waals surface area contributed by atoms with Crippen LogP contribution in [-0.4, -0.2) is 44.8 Å². The Hall–Kier alpha value is -4.04. The number of carbonyl (C=O) groups is 2. The van der Waals surface area contributed by atoms with Crippen molar-refractivity contribution in [1.82, 2.24) is 20.5 Å². The number of amides is 2. The van der Waals surface area contributed by atoms with Crippen molar-refractivity contribution in [3.8, 4) is 11.3 Å². The lowest BCUT2D eigenvalue weighted by molar-refractivity contribution is -0.118. The van der Waals surface area contributed by atoms with E-state index in [1.807, 2.05) is 36.4 Å². The quantitative estimate of drug-likeness (QED) is 0.395. The average Bonchev–Trinajstić information content (AvgIpc) is 3.26. The highest BCUT2D eigenvalue weighted by molar-refractivity contribution is 6.08. The summed E-state index contributed by atoms with van der Waals surface area (Å²) >= 11 is 0. The summed E-state index contributed by atoms with van der Waals surface area (Å²) in [6.45, 7) is -0.559. The van der Waals surface area contributed by atoms with Gasteiger partial charge in [0.2, 0.25) is 0 Å². The maximum Gasteiger partial charge on any atom is 0.252 e. The van der Waals surface area contributed by atoms with Gasteiger partial charge in [0.15, 0.2) is 5.82 Å². The number of nitrogens with zero attached hydrogens (tertiary/aromatic N) is 2. The molecule has 0 bridgehead atoms. The summed E-state index contributed by atoms with van der Waals surface area (Å²) in [4.78, 5) is 29.5. The number of pyridine rings is 1. The van der Waals surface area contributed by atoms with Gasteiger partial charge in [-0.1, -0.05) is 48.5 Å². The Morgan fingerprint density at radius 2 is 1.80 bits per heavy atom. The van der Waals surface area contributed by atoms with Gasteiger partial charge in [-0.3, -0.25) is 19.7 Å². The van der Waals surface area contributed by atoms with Crippen LogP contribution in [0, 0.1) is 0 Å². The van der Waals surface area contributed by atoms with E-state index in [1.54, 1.807) is 30.3 Å². The maximum absolute atomic E-state index is 12.7. The van der Waals surface area contributed by atoms with Crippen LogP contribution in [0.2, 0.25) is 0 Å². The number of aliphatic hydroxyl groups is 1. The van der Waals surface area contributed by atoms with Gasteiger partial charge in [0.05, 0.1) is 23.4 Å². The van der Waals surface area contributed by atoms with Crippen molar-refractivity contribution in [2.24, 2.45) is 0 Å². The summed E-state index contributed by atoms with van der Waals surface area (Å²) in [5, 5.41) is 22.4. The molecule has 0 aliphatic rings. The molecule has 4 aromatic rings. The van der Waals surface area contributed by atoms with E-state index >= 15 is 0 Å². The topological polar surface area (TPSA) is 120 Å². The monoisotopic (exact) mass is 401 g/mol. The molecule has 2 heterocycles. The fourth-order valence-electron chi connectivity index (χ4n) is 3.09. The van der Waals surface area contributed by atoms with Crippen molar-refractivity contribution in [2.45, 2.75) is 6.04 Å². The third-order valence-electron chi connectivity index (χ3n) is 4.61. The van der Waals surface area contributed by atoms with Crippen LogP contribution in [0.25, 0.3) is 22.2 Å². The van der Waals surface area contributed by atoms with Crippen LogP contribution in [0.3, 0.4) is 0 Å². The number of H-pyrrole nitrogens is 1. The Balaban J connectivity index is 1.47. The second kappa shape index (κ2) is 8.54. The lowest BCUT2D eigenvalue weighted by Crippen LogP contribution is -2.46. The molecule has 0 spiro atoms. The number of nitrogens with one attached hydrogen (secondary N) is 3. The molecule has 150 valence electrons. The largest absolute Gasteiger partial charge is 0.394 e. The first kappa shape index (κ1) is 19.3. The highest BCUT2D eigenvalue weighted by Crippen LogP contribution is 2.19. The molecule has 0 aliphatic carbocycles. The van der Waals surface area contributed by atoms with Gasteiger partial charge in [0.25, 0.3) is 11.8 Å². The molecule has 0 saturated carbocycles. The summed E-state index contributed by atoms with van der Waals surface area (Å²) in [5.74, 6) is -0.758. The molecule has 4 N–H and O–H groups in total. The number of aromatic nitrogens is 3. The number of hydrogen-bond acceptors (Lipinski definition) is 5. The number of benzene rings is 2. The van der Waals surface area contributed by atoms with Gasteiger partial charge in [0, 0.05) is 17.6 Å². The van der Waals surface area contributed by atoms with Crippen LogP contribution in [-0.2, 0) is 4.79 Å². The van der Waals surface area contributed by atoms with Crippen LogP contribution < -0.4 is 10.6 Å². The number of aliphatic hydroxyl groups excluding tert-OH is 1. The smallest absolute Gasteiger partial charge is 0.252 e. The van der Waals surface area contributed by atoms with E-state index in [1.165, 1.54) is 6.20 Å². The summed E-state index contributed by atoms with van der Waals surface area (Å²) in [5.41, 5.74) is 2.69. The highest BCUT2D eigenvalue weighted by Gasteiger charge is 2.22. The molecule has 0 radical (unpaired) electrons. The zero-order chi connectivity index (χ0) is 20.9. The fourth-order valence-corrected chi connectivity index (χ4v) is 3.09. The molecule has 0 saturated heterocycles.